The maximum Gasteiger partial charge on any atom is 0.124 e. The first-order valence-corrected chi connectivity index (χ1v) is 7.32. The minimum absolute atomic E-state index is 0.591. The number of halogens is 1. The highest BCUT2D eigenvalue weighted by Gasteiger charge is 2.19. The predicted octanol–water partition coefficient (Wildman–Crippen LogP) is 2.75. The van der Waals surface area contributed by atoms with E-state index < -0.39 is 0 Å². The number of nitrogens with one attached hydrogen (secondary N) is 1. The fourth-order valence-corrected chi connectivity index (χ4v) is 2.60. The van der Waals surface area contributed by atoms with E-state index in [1.54, 1.807) is 0 Å². The Balaban J connectivity index is 2.08. The first kappa shape index (κ1) is 14.6. The van der Waals surface area contributed by atoms with Crippen LogP contribution >= 0.6 is 11.6 Å². The van der Waals surface area contributed by atoms with Crippen LogP contribution in [-0.2, 0) is 0 Å². The predicted molar refractivity (Wildman–Crippen MR) is 80.3 cm³/mol. The van der Waals surface area contributed by atoms with Crippen LogP contribution in [0.25, 0.3) is 0 Å². The van der Waals surface area contributed by atoms with E-state index in [2.05, 4.69) is 30.4 Å². The first-order chi connectivity index (χ1) is 9.16. The smallest absolute Gasteiger partial charge is 0.124 e. The standard InChI is InChI=1S/C15H23ClN2O/c1-18(2)9-10-19-15-11-13(16)3-4-14(15)12-5-7-17-8-6-12/h3-4,11-12,17H,5-10H2,1-2H3. The van der Waals surface area contributed by atoms with Gasteiger partial charge in [-0.3, -0.25) is 0 Å². The molecule has 0 amide bonds. The van der Waals surface area contributed by atoms with Crippen molar-refractivity contribution in [3.8, 4) is 5.75 Å². The SMILES string of the molecule is CN(C)CCOc1cc(Cl)ccc1C1CCNCC1. The van der Waals surface area contributed by atoms with Gasteiger partial charge in [-0.05, 0) is 63.6 Å². The lowest BCUT2D eigenvalue weighted by atomic mass is 9.89. The maximum atomic E-state index is 6.09. The van der Waals surface area contributed by atoms with E-state index >= 15 is 0 Å². The molecule has 2 rings (SSSR count). The van der Waals surface area contributed by atoms with Crippen molar-refractivity contribution >= 4 is 11.6 Å². The fraction of sp³-hybridized carbons (Fsp3) is 0.600. The van der Waals surface area contributed by atoms with Gasteiger partial charge in [0, 0.05) is 11.6 Å². The number of likely N-dealkylation sites (N-methyl/N-ethyl adjacent to an activating group) is 1. The van der Waals surface area contributed by atoms with Gasteiger partial charge in [-0.1, -0.05) is 17.7 Å². The number of benzene rings is 1. The Morgan fingerprint density at radius 2 is 2.05 bits per heavy atom. The highest BCUT2D eigenvalue weighted by molar-refractivity contribution is 6.30. The molecule has 3 nitrogen and oxygen atoms in total. The van der Waals surface area contributed by atoms with E-state index in [-0.39, 0.29) is 0 Å². The van der Waals surface area contributed by atoms with Crippen LogP contribution in [0.5, 0.6) is 5.75 Å². The second-order valence-corrected chi connectivity index (χ2v) is 5.79. The Bertz CT molecular complexity index is 403. The number of ether oxygens (including phenoxy) is 1. The van der Waals surface area contributed by atoms with E-state index in [1.807, 2.05) is 12.1 Å². The largest absolute Gasteiger partial charge is 0.492 e. The summed E-state index contributed by atoms with van der Waals surface area (Å²) in [5, 5.41) is 4.15. The lowest BCUT2D eigenvalue weighted by molar-refractivity contribution is 0.257. The van der Waals surface area contributed by atoms with E-state index in [0.29, 0.717) is 12.5 Å². The van der Waals surface area contributed by atoms with E-state index in [0.717, 1.165) is 30.4 Å². The van der Waals surface area contributed by atoms with Crippen LogP contribution < -0.4 is 10.1 Å². The molecule has 0 unspecified atom stereocenters. The van der Waals surface area contributed by atoms with Crippen molar-refractivity contribution < 1.29 is 4.74 Å². The lowest BCUT2D eigenvalue weighted by Crippen LogP contribution is -2.27. The summed E-state index contributed by atoms with van der Waals surface area (Å²) in [4.78, 5) is 2.12. The molecule has 0 saturated carbocycles. The Labute approximate surface area is 120 Å². The molecule has 1 N–H and O–H groups in total. The topological polar surface area (TPSA) is 24.5 Å². The molecule has 1 aliphatic heterocycles. The van der Waals surface area contributed by atoms with Gasteiger partial charge in [0.25, 0.3) is 0 Å². The third-order valence-corrected chi connectivity index (χ3v) is 3.79. The van der Waals surface area contributed by atoms with Crippen LogP contribution in [0.2, 0.25) is 5.02 Å². The third-order valence-electron chi connectivity index (χ3n) is 3.55. The molecule has 1 fully saturated rings. The summed E-state index contributed by atoms with van der Waals surface area (Å²) in [5.74, 6) is 1.55. The minimum atomic E-state index is 0.591. The number of hydrogen-bond donors (Lipinski definition) is 1. The van der Waals surface area contributed by atoms with Crippen molar-refractivity contribution in [1.82, 2.24) is 10.2 Å². The summed E-state index contributed by atoms with van der Waals surface area (Å²) in [6.45, 7) is 3.79. The average Bonchev–Trinajstić information content (AvgIpc) is 2.39. The molecule has 1 aromatic carbocycles. The second-order valence-electron chi connectivity index (χ2n) is 5.36. The van der Waals surface area contributed by atoms with Gasteiger partial charge in [-0.25, -0.2) is 0 Å². The van der Waals surface area contributed by atoms with Crippen molar-refractivity contribution in [2.75, 3.05) is 40.3 Å². The Morgan fingerprint density at radius 1 is 1.32 bits per heavy atom. The quantitative estimate of drug-likeness (QED) is 0.899. The molecule has 0 bridgehead atoms. The molecule has 106 valence electrons. The molecular weight excluding hydrogens is 260 g/mol. The van der Waals surface area contributed by atoms with E-state index in [4.69, 9.17) is 16.3 Å². The third kappa shape index (κ3) is 4.37. The monoisotopic (exact) mass is 282 g/mol. The summed E-state index contributed by atoms with van der Waals surface area (Å²) in [6.07, 6.45) is 2.34. The van der Waals surface area contributed by atoms with Crippen LogP contribution in [0.4, 0.5) is 0 Å². The molecule has 4 heteroatoms. The lowest BCUT2D eigenvalue weighted by Gasteiger charge is -2.25. The van der Waals surface area contributed by atoms with Crippen molar-refractivity contribution in [2.24, 2.45) is 0 Å². The molecular formula is C15H23ClN2O. The van der Waals surface area contributed by atoms with Crippen molar-refractivity contribution in [2.45, 2.75) is 18.8 Å². The van der Waals surface area contributed by atoms with Crippen molar-refractivity contribution in [3.05, 3.63) is 28.8 Å². The Morgan fingerprint density at radius 3 is 2.74 bits per heavy atom. The zero-order chi connectivity index (χ0) is 13.7. The fourth-order valence-electron chi connectivity index (χ4n) is 2.44. The van der Waals surface area contributed by atoms with Gasteiger partial charge < -0.3 is 15.0 Å². The summed E-state index contributed by atoms with van der Waals surface area (Å²) in [5.41, 5.74) is 1.31. The van der Waals surface area contributed by atoms with Crippen LogP contribution in [-0.4, -0.2) is 45.2 Å². The van der Waals surface area contributed by atoms with Crippen LogP contribution in [0.1, 0.15) is 24.3 Å². The minimum Gasteiger partial charge on any atom is -0.492 e. The molecule has 0 atom stereocenters. The number of hydrogen-bond acceptors (Lipinski definition) is 3. The van der Waals surface area contributed by atoms with Gasteiger partial charge >= 0.3 is 0 Å². The highest BCUT2D eigenvalue weighted by Crippen LogP contribution is 2.34. The average molecular weight is 283 g/mol. The Kier molecular flexibility index (Phi) is 5.49. The molecule has 1 aliphatic rings. The van der Waals surface area contributed by atoms with Crippen LogP contribution in [0.15, 0.2) is 18.2 Å². The number of piperidine rings is 1. The van der Waals surface area contributed by atoms with E-state index in [1.165, 1.54) is 18.4 Å². The molecule has 1 saturated heterocycles. The second kappa shape index (κ2) is 7.13. The van der Waals surface area contributed by atoms with Gasteiger partial charge in [0.1, 0.15) is 12.4 Å². The molecule has 0 spiro atoms. The van der Waals surface area contributed by atoms with Gasteiger partial charge in [0.05, 0.1) is 0 Å². The molecule has 1 heterocycles. The normalized spacial score (nSPS) is 16.8. The molecule has 0 aromatic heterocycles. The Hall–Kier alpha value is -0.770. The summed E-state index contributed by atoms with van der Waals surface area (Å²) in [7, 11) is 4.10. The van der Waals surface area contributed by atoms with Gasteiger partial charge in [-0.2, -0.15) is 0 Å². The molecule has 19 heavy (non-hydrogen) atoms. The van der Waals surface area contributed by atoms with Gasteiger partial charge in [0.15, 0.2) is 0 Å². The van der Waals surface area contributed by atoms with Crippen LogP contribution in [0, 0.1) is 0 Å². The summed E-state index contributed by atoms with van der Waals surface area (Å²) < 4.78 is 5.94. The number of rotatable bonds is 5. The van der Waals surface area contributed by atoms with Crippen molar-refractivity contribution in [3.63, 3.8) is 0 Å². The van der Waals surface area contributed by atoms with Crippen molar-refractivity contribution in [1.29, 1.82) is 0 Å². The molecule has 0 aliphatic carbocycles. The summed E-state index contributed by atoms with van der Waals surface area (Å²) in [6, 6.07) is 6.05. The summed E-state index contributed by atoms with van der Waals surface area (Å²) >= 11 is 6.09. The highest BCUT2D eigenvalue weighted by atomic mass is 35.5. The first-order valence-electron chi connectivity index (χ1n) is 6.94. The number of nitrogens with zero attached hydrogens (tertiary/aromatic N) is 1. The van der Waals surface area contributed by atoms with E-state index in [9.17, 15) is 0 Å². The van der Waals surface area contributed by atoms with Gasteiger partial charge in [0.2, 0.25) is 0 Å². The van der Waals surface area contributed by atoms with Crippen LogP contribution in [0.3, 0.4) is 0 Å². The molecule has 1 aromatic rings. The van der Waals surface area contributed by atoms with Gasteiger partial charge in [-0.15, -0.1) is 0 Å². The zero-order valence-electron chi connectivity index (χ0n) is 11.8. The molecule has 0 radical (unpaired) electrons. The maximum absolute atomic E-state index is 6.09. The zero-order valence-corrected chi connectivity index (χ0v) is 12.5.